The van der Waals surface area contributed by atoms with E-state index in [1.54, 1.807) is 6.08 Å². The van der Waals surface area contributed by atoms with Gasteiger partial charge in [-0.3, -0.25) is 9.35 Å². The van der Waals surface area contributed by atoms with Crippen molar-refractivity contribution in [3.63, 3.8) is 0 Å². The quantitative estimate of drug-likeness (QED) is 0.0285. The zero-order chi connectivity index (χ0) is 38.4. The van der Waals surface area contributed by atoms with Gasteiger partial charge in [0, 0.05) is 0 Å². The van der Waals surface area contributed by atoms with Crippen molar-refractivity contribution in [3.05, 3.63) is 60.8 Å². The van der Waals surface area contributed by atoms with Gasteiger partial charge >= 0.3 is 0 Å². The topological polar surface area (TPSA) is 124 Å². The van der Waals surface area contributed by atoms with Gasteiger partial charge in [-0.15, -0.1) is 0 Å². The maximum atomic E-state index is 12.6. The molecule has 0 rings (SSSR count). The fourth-order valence-electron chi connectivity index (χ4n) is 6.05. The molecule has 0 aliphatic heterocycles. The van der Waals surface area contributed by atoms with Crippen LogP contribution in [0.4, 0.5) is 0 Å². The van der Waals surface area contributed by atoms with Crippen molar-refractivity contribution in [1.29, 1.82) is 0 Å². The number of carbonyl (C=O) groups is 1. The molecule has 0 bridgehead atoms. The molecule has 4 N–H and O–H groups in total. The minimum atomic E-state index is -4.46. The van der Waals surface area contributed by atoms with E-state index in [2.05, 4.69) is 67.8 Å². The maximum Gasteiger partial charge on any atom is 0.267 e. The molecular formula is C44H79NO6S. The van der Waals surface area contributed by atoms with Crippen molar-refractivity contribution in [1.82, 2.24) is 5.32 Å². The molecule has 1 amide bonds. The lowest BCUT2D eigenvalue weighted by Gasteiger charge is -2.22. The van der Waals surface area contributed by atoms with Gasteiger partial charge in [0.05, 0.1) is 17.9 Å². The molecule has 0 aromatic heterocycles. The van der Waals surface area contributed by atoms with E-state index < -0.39 is 40.0 Å². The van der Waals surface area contributed by atoms with Crippen LogP contribution < -0.4 is 5.32 Å². The van der Waals surface area contributed by atoms with Crippen molar-refractivity contribution < 1.29 is 28.0 Å². The predicted octanol–water partition coefficient (Wildman–Crippen LogP) is 11.4. The van der Waals surface area contributed by atoms with Crippen molar-refractivity contribution >= 4 is 16.0 Å². The third kappa shape index (κ3) is 36.4. The number of nitrogens with one attached hydrogen (secondary N) is 1. The SMILES string of the molecule is CC/C=C\C/C=C\CCCCCCCCCCCCCCCC(O)C(=O)NC(CS(=O)(=O)O)C(O)/C=C/CC/C=C/CC/C=C/CCCCCCC. The lowest BCUT2D eigenvalue weighted by atomic mass is 10.0. The summed E-state index contributed by atoms with van der Waals surface area (Å²) < 4.78 is 32.5. The summed E-state index contributed by atoms with van der Waals surface area (Å²) in [6.45, 7) is 4.39. The highest BCUT2D eigenvalue weighted by atomic mass is 32.2. The highest BCUT2D eigenvalue weighted by Gasteiger charge is 2.27. The first-order chi connectivity index (χ1) is 25.2. The van der Waals surface area contributed by atoms with Gasteiger partial charge in [-0.1, -0.05) is 177 Å². The molecule has 0 aliphatic rings. The summed E-state index contributed by atoms with van der Waals surface area (Å²) >= 11 is 0. The second kappa shape index (κ2) is 37.3. The minimum Gasteiger partial charge on any atom is -0.387 e. The Kier molecular flexibility index (Phi) is 35.9. The van der Waals surface area contributed by atoms with Gasteiger partial charge in [0.2, 0.25) is 5.91 Å². The summed E-state index contributed by atoms with van der Waals surface area (Å²) in [5.74, 6) is -1.57. The molecule has 0 heterocycles. The average molecular weight is 750 g/mol. The standard InChI is InChI=1S/C44H79NO6S/c1-3-5-7-9-11-13-15-17-19-20-21-22-23-25-27-29-31-33-35-37-39-43(47)44(48)45-41(40-52(49,50)51)42(46)38-36-34-32-30-28-26-24-18-16-14-12-10-8-6-4-2/h5,7,11,13,16,18,28,30,36,38,41-43,46-47H,3-4,6,8-10,12,14-15,17,19-27,29,31-35,37,39-40H2,1-2H3,(H,45,48)(H,49,50,51)/b7-5-,13-11-,18-16+,30-28+,38-36+. The van der Waals surface area contributed by atoms with E-state index >= 15 is 0 Å². The van der Waals surface area contributed by atoms with Gasteiger partial charge in [0.15, 0.2) is 0 Å². The molecule has 0 aliphatic carbocycles. The lowest BCUT2D eigenvalue weighted by Crippen LogP contribution is -2.50. The number of unbranched alkanes of at least 4 members (excludes halogenated alkanes) is 20. The number of rotatable bonds is 37. The summed E-state index contributed by atoms with van der Waals surface area (Å²) in [7, 11) is -4.46. The number of aliphatic hydroxyl groups excluding tert-OH is 2. The van der Waals surface area contributed by atoms with E-state index in [9.17, 15) is 28.0 Å². The van der Waals surface area contributed by atoms with Gasteiger partial charge in [0.1, 0.15) is 6.10 Å². The van der Waals surface area contributed by atoms with E-state index in [0.717, 1.165) is 57.8 Å². The molecule has 0 saturated carbocycles. The van der Waals surface area contributed by atoms with Crippen molar-refractivity contribution in [2.45, 2.75) is 205 Å². The monoisotopic (exact) mass is 750 g/mol. The molecular weight excluding hydrogens is 671 g/mol. The van der Waals surface area contributed by atoms with Crippen LogP contribution in [0.1, 0.15) is 187 Å². The van der Waals surface area contributed by atoms with E-state index in [1.165, 1.54) is 102 Å². The Bertz CT molecular complexity index is 1060. The Morgan fingerprint density at radius 3 is 1.48 bits per heavy atom. The van der Waals surface area contributed by atoms with E-state index in [-0.39, 0.29) is 6.42 Å². The fourth-order valence-corrected chi connectivity index (χ4v) is 6.79. The molecule has 7 nitrogen and oxygen atoms in total. The van der Waals surface area contributed by atoms with E-state index in [0.29, 0.717) is 12.8 Å². The lowest BCUT2D eigenvalue weighted by molar-refractivity contribution is -0.130. The molecule has 52 heavy (non-hydrogen) atoms. The first kappa shape index (κ1) is 50.0. The molecule has 0 radical (unpaired) electrons. The Morgan fingerprint density at radius 1 is 0.558 bits per heavy atom. The Balaban J connectivity index is 4.05. The first-order valence-electron chi connectivity index (χ1n) is 21.1. The van der Waals surface area contributed by atoms with Crippen LogP contribution in [-0.2, 0) is 14.9 Å². The van der Waals surface area contributed by atoms with Gasteiger partial charge < -0.3 is 15.5 Å². The number of amides is 1. The van der Waals surface area contributed by atoms with Crippen LogP contribution in [0, 0.1) is 0 Å². The molecule has 302 valence electrons. The molecule has 8 heteroatoms. The Labute approximate surface area is 320 Å². The normalized spacial score (nSPS) is 14.5. The molecule has 3 unspecified atom stereocenters. The number of allylic oxidation sites excluding steroid dienone is 9. The summed E-state index contributed by atoms with van der Waals surface area (Å²) in [5.41, 5.74) is 0. The van der Waals surface area contributed by atoms with Gasteiger partial charge in [-0.25, -0.2) is 0 Å². The summed E-state index contributed by atoms with van der Waals surface area (Å²) in [4.78, 5) is 12.6. The Morgan fingerprint density at radius 2 is 0.981 bits per heavy atom. The van der Waals surface area contributed by atoms with Crippen LogP contribution in [0.3, 0.4) is 0 Å². The third-order valence-corrected chi connectivity index (χ3v) is 10.0. The minimum absolute atomic E-state index is 0.268. The highest BCUT2D eigenvalue weighted by Crippen LogP contribution is 2.15. The van der Waals surface area contributed by atoms with Gasteiger partial charge in [0.25, 0.3) is 10.1 Å². The van der Waals surface area contributed by atoms with Crippen molar-refractivity contribution in [3.8, 4) is 0 Å². The maximum absolute atomic E-state index is 12.6. The summed E-state index contributed by atoms with van der Waals surface area (Å²) in [6.07, 6.45) is 48.5. The predicted molar refractivity (Wildman–Crippen MR) is 222 cm³/mol. The Hall–Kier alpha value is -2.00. The molecule has 0 aromatic carbocycles. The van der Waals surface area contributed by atoms with E-state index in [4.69, 9.17) is 0 Å². The number of hydrogen-bond acceptors (Lipinski definition) is 5. The van der Waals surface area contributed by atoms with Crippen LogP contribution in [0.2, 0.25) is 0 Å². The van der Waals surface area contributed by atoms with Gasteiger partial charge in [-0.2, -0.15) is 8.42 Å². The molecule has 0 aromatic rings. The van der Waals surface area contributed by atoms with Crippen LogP contribution in [0.25, 0.3) is 0 Å². The molecule has 0 saturated heterocycles. The largest absolute Gasteiger partial charge is 0.387 e. The second-order valence-electron chi connectivity index (χ2n) is 14.4. The van der Waals surface area contributed by atoms with Crippen LogP contribution in [0.15, 0.2) is 60.8 Å². The smallest absolute Gasteiger partial charge is 0.267 e. The summed E-state index contributed by atoms with van der Waals surface area (Å²) in [5, 5.41) is 23.4. The molecule has 0 fully saturated rings. The number of carbonyl (C=O) groups excluding carboxylic acids is 1. The number of hydrogen-bond donors (Lipinski definition) is 4. The van der Waals surface area contributed by atoms with Crippen molar-refractivity contribution in [2.75, 3.05) is 5.75 Å². The van der Waals surface area contributed by atoms with Crippen LogP contribution >= 0.6 is 0 Å². The highest BCUT2D eigenvalue weighted by molar-refractivity contribution is 7.85. The van der Waals surface area contributed by atoms with Crippen molar-refractivity contribution in [2.24, 2.45) is 0 Å². The summed E-state index contributed by atoms with van der Waals surface area (Å²) in [6, 6.07) is -1.26. The zero-order valence-electron chi connectivity index (χ0n) is 33.3. The van der Waals surface area contributed by atoms with Gasteiger partial charge in [-0.05, 0) is 70.6 Å². The zero-order valence-corrected chi connectivity index (χ0v) is 34.1. The molecule has 3 atom stereocenters. The fraction of sp³-hybridized carbons (Fsp3) is 0.750. The molecule has 0 spiro atoms. The first-order valence-corrected chi connectivity index (χ1v) is 22.7. The van der Waals surface area contributed by atoms with E-state index in [1.807, 2.05) is 0 Å². The third-order valence-electron chi connectivity index (χ3n) is 9.26. The van der Waals surface area contributed by atoms with Crippen LogP contribution in [-0.4, -0.2) is 53.1 Å². The van der Waals surface area contributed by atoms with Crippen LogP contribution in [0.5, 0.6) is 0 Å². The second-order valence-corrected chi connectivity index (χ2v) is 15.9. The average Bonchev–Trinajstić information content (AvgIpc) is 3.11. The number of aliphatic hydroxyl groups is 2.